The number of hydrogen-bond donors (Lipinski definition) is 2. The zero-order valence-corrected chi connectivity index (χ0v) is 19.6. The van der Waals surface area contributed by atoms with E-state index in [1.807, 2.05) is 62.4 Å². The zero-order valence-electron chi connectivity index (χ0n) is 19.6. The fraction of sp³-hybridized carbons (Fsp3) is 0.185. The number of aromatic nitrogens is 3. The maximum Gasteiger partial charge on any atom is 0.251 e. The van der Waals surface area contributed by atoms with E-state index in [1.165, 1.54) is 10.2 Å². The molecule has 2 aromatic heterocycles. The van der Waals surface area contributed by atoms with Crippen LogP contribution in [0.25, 0.3) is 0 Å². The Morgan fingerprint density at radius 3 is 2.80 bits per heavy atom. The van der Waals surface area contributed by atoms with Crippen molar-refractivity contribution in [3.63, 3.8) is 0 Å². The predicted molar refractivity (Wildman–Crippen MR) is 133 cm³/mol. The smallest absolute Gasteiger partial charge is 0.251 e. The lowest BCUT2D eigenvalue weighted by Gasteiger charge is -2.18. The number of nitrogens with one attached hydrogen (secondary N) is 2. The van der Waals surface area contributed by atoms with Gasteiger partial charge >= 0.3 is 0 Å². The Morgan fingerprint density at radius 1 is 1.17 bits per heavy atom. The first-order chi connectivity index (χ1) is 17.0. The minimum Gasteiger partial charge on any atom is -0.482 e. The van der Waals surface area contributed by atoms with Crippen LogP contribution in [-0.4, -0.2) is 20.7 Å². The summed E-state index contributed by atoms with van der Waals surface area (Å²) in [5.41, 5.74) is 4.36. The van der Waals surface area contributed by atoms with Crippen molar-refractivity contribution in [1.82, 2.24) is 20.1 Å². The number of nitriles is 1. The number of aryl methyl sites for hydroxylation is 1. The summed E-state index contributed by atoms with van der Waals surface area (Å²) < 4.78 is 7.73. The van der Waals surface area contributed by atoms with Crippen LogP contribution in [0.1, 0.15) is 40.1 Å². The van der Waals surface area contributed by atoms with E-state index in [0.29, 0.717) is 29.4 Å². The number of benzene rings is 2. The molecule has 0 saturated carbocycles. The Labute approximate surface area is 204 Å². The SMILES string of the molecule is Cc1ccc(CNC(=O)c2cccc(C(C)Oc3cccnc3Nc3cnn(CC#N)c3)c2)cc1. The minimum absolute atomic E-state index is 0.141. The molecule has 8 heteroatoms. The van der Waals surface area contributed by atoms with Crippen molar-refractivity contribution in [2.24, 2.45) is 0 Å². The molecule has 1 atom stereocenters. The van der Waals surface area contributed by atoms with Crippen molar-refractivity contribution >= 4 is 17.4 Å². The molecule has 1 unspecified atom stereocenters. The lowest BCUT2D eigenvalue weighted by atomic mass is 10.1. The van der Waals surface area contributed by atoms with Gasteiger partial charge in [-0.15, -0.1) is 0 Å². The summed E-state index contributed by atoms with van der Waals surface area (Å²) in [6.45, 7) is 4.58. The number of rotatable bonds is 9. The molecule has 1 amide bonds. The summed E-state index contributed by atoms with van der Waals surface area (Å²) in [6, 6.07) is 21.1. The summed E-state index contributed by atoms with van der Waals surface area (Å²) in [5.74, 6) is 0.947. The topological polar surface area (TPSA) is 105 Å². The van der Waals surface area contributed by atoms with E-state index >= 15 is 0 Å². The zero-order chi connectivity index (χ0) is 24.6. The molecule has 0 saturated heterocycles. The van der Waals surface area contributed by atoms with Gasteiger partial charge in [-0.3, -0.25) is 9.48 Å². The Hall–Kier alpha value is -4.64. The van der Waals surface area contributed by atoms with E-state index in [1.54, 1.807) is 30.7 Å². The van der Waals surface area contributed by atoms with Gasteiger partial charge in [0, 0.05) is 24.5 Å². The second-order valence-electron chi connectivity index (χ2n) is 8.11. The second-order valence-corrected chi connectivity index (χ2v) is 8.11. The van der Waals surface area contributed by atoms with E-state index in [9.17, 15) is 4.79 Å². The van der Waals surface area contributed by atoms with E-state index in [0.717, 1.165) is 11.1 Å². The number of carbonyl (C=O) groups is 1. The molecular formula is C27H26N6O2. The monoisotopic (exact) mass is 466 g/mol. The number of ether oxygens (including phenoxy) is 1. The van der Waals surface area contributed by atoms with E-state index in [-0.39, 0.29) is 18.6 Å². The van der Waals surface area contributed by atoms with Crippen LogP contribution in [0.2, 0.25) is 0 Å². The number of pyridine rings is 1. The number of carbonyl (C=O) groups excluding carboxylic acids is 1. The Bertz CT molecular complexity index is 1340. The maximum atomic E-state index is 12.7. The fourth-order valence-corrected chi connectivity index (χ4v) is 3.48. The molecule has 176 valence electrons. The molecule has 0 aliphatic carbocycles. The largest absolute Gasteiger partial charge is 0.482 e. The normalized spacial score (nSPS) is 11.3. The van der Waals surface area contributed by atoms with Gasteiger partial charge in [-0.25, -0.2) is 4.98 Å². The first-order valence-electron chi connectivity index (χ1n) is 11.2. The van der Waals surface area contributed by atoms with E-state index < -0.39 is 0 Å². The van der Waals surface area contributed by atoms with Gasteiger partial charge in [-0.05, 0) is 49.2 Å². The second kappa shape index (κ2) is 11.0. The minimum atomic E-state index is -0.328. The molecule has 0 spiro atoms. The van der Waals surface area contributed by atoms with Gasteiger partial charge in [0.25, 0.3) is 5.91 Å². The van der Waals surface area contributed by atoms with Gasteiger partial charge in [0.15, 0.2) is 11.6 Å². The van der Waals surface area contributed by atoms with Crippen LogP contribution < -0.4 is 15.4 Å². The molecule has 4 aromatic rings. The van der Waals surface area contributed by atoms with Crippen LogP contribution >= 0.6 is 0 Å². The van der Waals surface area contributed by atoms with Crippen molar-refractivity contribution < 1.29 is 9.53 Å². The predicted octanol–water partition coefficient (Wildman–Crippen LogP) is 4.92. The third-order valence-electron chi connectivity index (χ3n) is 5.40. The van der Waals surface area contributed by atoms with Crippen molar-refractivity contribution in [3.8, 4) is 11.8 Å². The summed E-state index contributed by atoms with van der Waals surface area (Å²) in [5, 5.41) is 19.1. The fourth-order valence-electron chi connectivity index (χ4n) is 3.48. The summed E-state index contributed by atoms with van der Waals surface area (Å²) in [4.78, 5) is 17.1. The lowest BCUT2D eigenvalue weighted by molar-refractivity contribution is 0.0950. The van der Waals surface area contributed by atoms with Gasteiger partial charge < -0.3 is 15.4 Å². The van der Waals surface area contributed by atoms with Gasteiger partial charge in [0.2, 0.25) is 0 Å². The molecule has 2 heterocycles. The molecule has 0 bridgehead atoms. The Morgan fingerprint density at radius 2 is 2.00 bits per heavy atom. The summed E-state index contributed by atoms with van der Waals surface area (Å²) in [7, 11) is 0. The van der Waals surface area contributed by atoms with Crippen molar-refractivity contribution in [2.75, 3.05) is 5.32 Å². The van der Waals surface area contributed by atoms with Crippen molar-refractivity contribution in [2.45, 2.75) is 33.0 Å². The summed E-state index contributed by atoms with van der Waals surface area (Å²) >= 11 is 0. The Kier molecular flexibility index (Phi) is 7.38. The van der Waals surface area contributed by atoms with Crippen LogP contribution in [-0.2, 0) is 13.1 Å². The molecule has 2 aromatic carbocycles. The third-order valence-corrected chi connectivity index (χ3v) is 5.40. The molecule has 8 nitrogen and oxygen atoms in total. The average molecular weight is 467 g/mol. The van der Waals surface area contributed by atoms with Crippen LogP contribution in [0.3, 0.4) is 0 Å². The highest BCUT2D eigenvalue weighted by Crippen LogP contribution is 2.29. The number of hydrogen-bond acceptors (Lipinski definition) is 6. The number of anilines is 2. The number of nitrogens with zero attached hydrogens (tertiary/aromatic N) is 4. The van der Waals surface area contributed by atoms with E-state index in [4.69, 9.17) is 10.00 Å². The number of amides is 1. The first-order valence-corrected chi connectivity index (χ1v) is 11.2. The van der Waals surface area contributed by atoms with Gasteiger partial charge in [-0.2, -0.15) is 10.4 Å². The molecule has 0 aliphatic rings. The summed E-state index contributed by atoms with van der Waals surface area (Å²) in [6.07, 6.45) is 4.69. The van der Waals surface area contributed by atoms with Crippen LogP contribution in [0.5, 0.6) is 5.75 Å². The molecule has 2 N–H and O–H groups in total. The maximum absolute atomic E-state index is 12.7. The van der Waals surface area contributed by atoms with Gasteiger partial charge in [0.05, 0.1) is 18.0 Å². The standard InChI is InChI=1S/C27H26N6O2/c1-19-8-10-21(11-9-19)16-30-27(34)23-6-3-5-22(15-23)20(2)35-25-7-4-13-29-26(25)32-24-17-31-33(18-24)14-12-28/h3-11,13,15,17-18,20H,14,16H2,1-2H3,(H,29,32)(H,30,34). The van der Waals surface area contributed by atoms with E-state index in [2.05, 4.69) is 26.8 Å². The highest BCUT2D eigenvalue weighted by Gasteiger charge is 2.14. The molecule has 35 heavy (non-hydrogen) atoms. The highest BCUT2D eigenvalue weighted by molar-refractivity contribution is 5.94. The molecular weight excluding hydrogens is 440 g/mol. The van der Waals surface area contributed by atoms with Gasteiger partial charge in [0.1, 0.15) is 12.6 Å². The van der Waals surface area contributed by atoms with Gasteiger partial charge in [-0.1, -0.05) is 42.0 Å². The van der Waals surface area contributed by atoms with Crippen LogP contribution in [0.4, 0.5) is 11.5 Å². The van der Waals surface area contributed by atoms with Crippen molar-refractivity contribution in [3.05, 3.63) is 102 Å². The van der Waals surface area contributed by atoms with Crippen molar-refractivity contribution in [1.29, 1.82) is 5.26 Å². The Balaban J connectivity index is 1.42. The molecule has 0 radical (unpaired) electrons. The lowest BCUT2D eigenvalue weighted by Crippen LogP contribution is -2.23. The van der Waals surface area contributed by atoms with Crippen LogP contribution in [0.15, 0.2) is 79.3 Å². The first kappa shape index (κ1) is 23.5. The quantitative estimate of drug-likeness (QED) is 0.363. The molecule has 0 fully saturated rings. The van der Waals surface area contributed by atoms with Crippen LogP contribution in [0, 0.1) is 18.3 Å². The highest BCUT2D eigenvalue weighted by atomic mass is 16.5. The third kappa shape index (κ3) is 6.24. The molecule has 4 rings (SSSR count). The average Bonchev–Trinajstić information content (AvgIpc) is 3.32. The molecule has 0 aliphatic heterocycles.